The summed E-state index contributed by atoms with van der Waals surface area (Å²) in [4.78, 5) is 11.5. The van der Waals surface area contributed by atoms with E-state index in [0.29, 0.717) is 18.8 Å². The van der Waals surface area contributed by atoms with Gasteiger partial charge in [-0.3, -0.25) is 4.79 Å². The van der Waals surface area contributed by atoms with Crippen LogP contribution in [-0.2, 0) is 4.79 Å². The number of hydrogen-bond donors (Lipinski definition) is 1. The third kappa shape index (κ3) is 9.02. The number of nitrogens with one attached hydrogen (secondary N) is 1. The Labute approximate surface area is 105 Å². The minimum Gasteiger partial charge on any atom is -0.356 e. The van der Waals surface area contributed by atoms with Crippen LogP contribution in [0.5, 0.6) is 0 Å². The van der Waals surface area contributed by atoms with Gasteiger partial charge in [0.1, 0.15) is 0 Å². The van der Waals surface area contributed by atoms with E-state index < -0.39 is 0 Å². The molecule has 1 amide bonds. The highest BCUT2D eigenvalue weighted by Gasteiger charge is 2.16. The summed E-state index contributed by atoms with van der Waals surface area (Å²) >= 11 is 5.79. The van der Waals surface area contributed by atoms with E-state index in [9.17, 15) is 4.79 Å². The maximum Gasteiger partial charge on any atom is 0.220 e. The first-order valence-electron chi connectivity index (χ1n) is 6.34. The van der Waals surface area contributed by atoms with Gasteiger partial charge in [-0.15, -0.1) is 11.6 Å². The minimum absolute atomic E-state index is 0.000569. The Balaban J connectivity index is 3.45. The Morgan fingerprint density at radius 1 is 1.19 bits per heavy atom. The SMILES string of the molecule is CCCCCCCC(=O)NCC(C)(C)CCl. The van der Waals surface area contributed by atoms with E-state index in [0.717, 1.165) is 6.42 Å². The zero-order valence-electron chi connectivity index (χ0n) is 10.9. The molecule has 1 N–H and O–H groups in total. The largest absolute Gasteiger partial charge is 0.356 e. The van der Waals surface area contributed by atoms with Crippen LogP contribution in [0.3, 0.4) is 0 Å². The van der Waals surface area contributed by atoms with Crippen molar-refractivity contribution >= 4 is 17.5 Å². The van der Waals surface area contributed by atoms with Gasteiger partial charge in [0.25, 0.3) is 0 Å². The van der Waals surface area contributed by atoms with Crippen molar-refractivity contribution < 1.29 is 4.79 Å². The number of carbonyl (C=O) groups is 1. The third-order valence-electron chi connectivity index (χ3n) is 2.63. The smallest absolute Gasteiger partial charge is 0.220 e. The predicted octanol–water partition coefficient (Wildman–Crippen LogP) is 3.73. The molecule has 16 heavy (non-hydrogen) atoms. The van der Waals surface area contributed by atoms with Gasteiger partial charge in [0, 0.05) is 18.8 Å². The Kier molecular flexibility index (Phi) is 8.73. The lowest BCUT2D eigenvalue weighted by Crippen LogP contribution is -2.34. The monoisotopic (exact) mass is 247 g/mol. The second-order valence-electron chi connectivity index (χ2n) is 5.24. The van der Waals surface area contributed by atoms with Gasteiger partial charge in [0.05, 0.1) is 0 Å². The molecule has 0 radical (unpaired) electrons. The molecule has 0 atom stereocenters. The highest BCUT2D eigenvalue weighted by atomic mass is 35.5. The van der Waals surface area contributed by atoms with Crippen LogP contribution < -0.4 is 5.32 Å². The molecule has 0 aliphatic heterocycles. The molecule has 0 aliphatic carbocycles. The van der Waals surface area contributed by atoms with Crippen molar-refractivity contribution in [3.8, 4) is 0 Å². The average Bonchev–Trinajstić information content (AvgIpc) is 2.26. The van der Waals surface area contributed by atoms with E-state index in [1.54, 1.807) is 0 Å². The van der Waals surface area contributed by atoms with Gasteiger partial charge >= 0.3 is 0 Å². The van der Waals surface area contributed by atoms with E-state index in [4.69, 9.17) is 11.6 Å². The van der Waals surface area contributed by atoms with Crippen LogP contribution >= 0.6 is 11.6 Å². The molecule has 0 aliphatic rings. The highest BCUT2D eigenvalue weighted by molar-refractivity contribution is 6.18. The van der Waals surface area contributed by atoms with Crippen molar-refractivity contribution in [1.82, 2.24) is 5.32 Å². The standard InChI is InChI=1S/C13H26ClNO/c1-4-5-6-7-8-9-12(16)15-11-13(2,3)10-14/h4-11H2,1-3H3,(H,15,16). The molecule has 0 heterocycles. The Hall–Kier alpha value is -0.240. The summed E-state index contributed by atoms with van der Waals surface area (Å²) in [6.45, 7) is 6.98. The number of carbonyl (C=O) groups excluding carboxylic acids is 1. The van der Waals surface area contributed by atoms with Crippen LogP contribution in [-0.4, -0.2) is 18.3 Å². The molecule has 0 rings (SSSR count). The molecule has 0 aromatic heterocycles. The molecule has 0 fully saturated rings. The van der Waals surface area contributed by atoms with Crippen LogP contribution in [0.25, 0.3) is 0 Å². The summed E-state index contributed by atoms with van der Waals surface area (Å²) in [6.07, 6.45) is 6.60. The summed E-state index contributed by atoms with van der Waals surface area (Å²) in [7, 11) is 0. The van der Waals surface area contributed by atoms with Crippen LogP contribution in [0.2, 0.25) is 0 Å². The second kappa shape index (κ2) is 8.86. The zero-order valence-corrected chi connectivity index (χ0v) is 11.7. The van der Waals surface area contributed by atoms with Gasteiger partial charge in [-0.1, -0.05) is 46.5 Å². The van der Waals surface area contributed by atoms with Gasteiger partial charge in [-0.25, -0.2) is 0 Å². The summed E-state index contributed by atoms with van der Waals surface area (Å²) in [5, 5.41) is 2.94. The van der Waals surface area contributed by atoms with Crippen molar-refractivity contribution in [3.63, 3.8) is 0 Å². The van der Waals surface area contributed by atoms with Crippen molar-refractivity contribution in [2.24, 2.45) is 5.41 Å². The van der Waals surface area contributed by atoms with Crippen LogP contribution in [0, 0.1) is 5.41 Å². The molecule has 0 bridgehead atoms. The lowest BCUT2D eigenvalue weighted by Gasteiger charge is -2.21. The fourth-order valence-electron chi connectivity index (χ4n) is 1.36. The van der Waals surface area contributed by atoms with Gasteiger partial charge < -0.3 is 5.32 Å². The van der Waals surface area contributed by atoms with Crippen LogP contribution in [0.4, 0.5) is 0 Å². The quantitative estimate of drug-likeness (QED) is 0.488. The zero-order chi connectivity index (χ0) is 12.4. The van der Waals surface area contributed by atoms with E-state index in [1.807, 2.05) is 0 Å². The molecular formula is C13H26ClNO. The second-order valence-corrected chi connectivity index (χ2v) is 5.51. The fourth-order valence-corrected chi connectivity index (χ4v) is 1.46. The lowest BCUT2D eigenvalue weighted by atomic mass is 9.96. The van der Waals surface area contributed by atoms with Gasteiger partial charge in [0.15, 0.2) is 0 Å². The fraction of sp³-hybridized carbons (Fsp3) is 0.923. The van der Waals surface area contributed by atoms with E-state index in [1.165, 1.54) is 25.7 Å². The normalized spacial score (nSPS) is 11.5. The highest BCUT2D eigenvalue weighted by Crippen LogP contribution is 2.15. The summed E-state index contributed by atoms with van der Waals surface area (Å²) in [5.74, 6) is 0.735. The van der Waals surface area contributed by atoms with Gasteiger partial charge in [-0.2, -0.15) is 0 Å². The molecule has 0 saturated heterocycles. The van der Waals surface area contributed by atoms with E-state index in [-0.39, 0.29) is 11.3 Å². The number of unbranched alkanes of at least 4 members (excludes halogenated alkanes) is 4. The molecule has 0 saturated carbocycles. The first-order valence-corrected chi connectivity index (χ1v) is 6.88. The third-order valence-corrected chi connectivity index (χ3v) is 3.36. The number of halogens is 1. The lowest BCUT2D eigenvalue weighted by molar-refractivity contribution is -0.121. The first kappa shape index (κ1) is 15.8. The van der Waals surface area contributed by atoms with E-state index >= 15 is 0 Å². The Bertz CT molecular complexity index is 192. The Morgan fingerprint density at radius 3 is 2.38 bits per heavy atom. The number of amides is 1. The summed E-state index contributed by atoms with van der Waals surface area (Å²) < 4.78 is 0. The topological polar surface area (TPSA) is 29.1 Å². The summed E-state index contributed by atoms with van der Waals surface area (Å²) in [5.41, 5.74) is -0.000569. The maximum absolute atomic E-state index is 11.5. The predicted molar refractivity (Wildman–Crippen MR) is 70.9 cm³/mol. The van der Waals surface area contributed by atoms with Crippen LogP contribution in [0.1, 0.15) is 59.3 Å². The number of hydrogen-bond acceptors (Lipinski definition) is 1. The molecule has 0 aromatic rings. The van der Waals surface area contributed by atoms with Gasteiger partial charge in [0.2, 0.25) is 5.91 Å². The van der Waals surface area contributed by atoms with Crippen LogP contribution in [0.15, 0.2) is 0 Å². The molecule has 0 unspecified atom stereocenters. The molecule has 2 nitrogen and oxygen atoms in total. The van der Waals surface area contributed by atoms with Crippen molar-refractivity contribution in [2.75, 3.05) is 12.4 Å². The van der Waals surface area contributed by atoms with E-state index in [2.05, 4.69) is 26.1 Å². The average molecular weight is 248 g/mol. The first-order chi connectivity index (χ1) is 7.52. The minimum atomic E-state index is -0.000569. The van der Waals surface area contributed by atoms with Crippen molar-refractivity contribution in [3.05, 3.63) is 0 Å². The number of alkyl halides is 1. The molecular weight excluding hydrogens is 222 g/mol. The summed E-state index contributed by atoms with van der Waals surface area (Å²) in [6, 6.07) is 0. The number of rotatable bonds is 9. The maximum atomic E-state index is 11.5. The molecule has 0 spiro atoms. The van der Waals surface area contributed by atoms with Crippen molar-refractivity contribution in [2.45, 2.75) is 59.3 Å². The molecule has 3 heteroatoms. The van der Waals surface area contributed by atoms with Crippen molar-refractivity contribution in [1.29, 1.82) is 0 Å². The Morgan fingerprint density at radius 2 is 1.81 bits per heavy atom. The molecule has 0 aromatic carbocycles. The van der Waals surface area contributed by atoms with Gasteiger partial charge in [-0.05, 0) is 11.8 Å². The molecule has 96 valence electrons.